The van der Waals surface area contributed by atoms with Crippen LogP contribution in [-0.4, -0.2) is 15.6 Å². The zero-order valence-corrected chi connectivity index (χ0v) is 10.1. The first-order valence-corrected chi connectivity index (χ1v) is 5.36. The molecule has 0 saturated carbocycles. The second kappa shape index (κ2) is 3.54. The number of nitrogens with zero attached hydrogens (tertiary/aromatic N) is 1. The zero-order valence-electron chi connectivity index (χ0n) is 7.79. The number of rotatable bonds is 1. The van der Waals surface area contributed by atoms with Gasteiger partial charge in [-0.25, -0.2) is 4.79 Å². The van der Waals surface area contributed by atoms with Gasteiger partial charge in [-0.05, 0) is 18.2 Å². The summed E-state index contributed by atoms with van der Waals surface area (Å²) in [6.07, 6.45) is 0. The third-order valence-corrected chi connectivity index (χ3v) is 3.24. The Morgan fingerprint density at radius 3 is 2.80 bits per heavy atom. The van der Waals surface area contributed by atoms with Crippen LogP contribution in [0.3, 0.4) is 0 Å². The van der Waals surface area contributed by atoms with Gasteiger partial charge in [-0.15, -0.1) is 0 Å². The molecule has 0 aliphatic heterocycles. The van der Waals surface area contributed by atoms with Gasteiger partial charge in [0.1, 0.15) is 10.7 Å². The molecule has 3 nitrogen and oxygen atoms in total. The van der Waals surface area contributed by atoms with Gasteiger partial charge in [0.25, 0.3) is 0 Å². The third-order valence-electron chi connectivity index (χ3n) is 2.30. The molecule has 0 fully saturated rings. The third kappa shape index (κ3) is 1.54. The van der Waals surface area contributed by atoms with Crippen molar-refractivity contribution in [2.45, 2.75) is 0 Å². The molecule has 0 amide bonds. The molecule has 1 aromatic heterocycles. The Morgan fingerprint density at radius 2 is 2.20 bits per heavy atom. The predicted octanol–water partition coefficient (Wildman–Crippen LogP) is 3.29. The molecule has 1 N–H and O–H groups in total. The molecular weight excluding hydrogens is 281 g/mol. The first-order valence-electron chi connectivity index (χ1n) is 4.19. The van der Waals surface area contributed by atoms with Gasteiger partial charge >= 0.3 is 5.97 Å². The Kier molecular flexibility index (Phi) is 2.48. The molecule has 1 heterocycles. The average molecular weight is 289 g/mol. The Balaban J connectivity index is 2.95. The normalized spacial score (nSPS) is 10.9. The summed E-state index contributed by atoms with van der Waals surface area (Å²) >= 11 is 9.26. The maximum atomic E-state index is 11.0. The minimum Gasteiger partial charge on any atom is -0.478 e. The van der Waals surface area contributed by atoms with Crippen LogP contribution in [0, 0.1) is 0 Å². The molecule has 0 unspecified atom stereocenters. The lowest BCUT2D eigenvalue weighted by atomic mass is 10.2. The van der Waals surface area contributed by atoms with E-state index in [-0.39, 0.29) is 10.7 Å². The number of benzene rings is 1. The lowest BCUT2D eigenvalue weighted by Gasteiger charge is -1.96. The van der Waals surface area contributed by atoms with Gasteiger partial charge in [0, 0.05) is 22.4 Å². The van der Waals surface area contributed by atoms with Crippen LogP contribution in [0.15, 0.2) is 22.7 Å². The molecule has 2 rings (SSSR count). The van der Waals surface area contributed by atoms with Crippen molar-refractivity contribution in [3.05, 3.63) is 33.4 Å². The smallest absolute Gasteiger partial charge is 0.339 e. The van der Waals surface area contributed by atoms with Crippen LogP contribution in [0.4, 0.5) is 0 Å². The van der Waals surface area contributed by atoms with E-state index in [4.69, 9.17) is 16.7 Å². The van der Waals surface area contributed by atoms with E-state index in [0.29, 0.717) is 5.39 Å². The first kappa shape index (κ1) is 10.5. The van der Waals surface area contributed by atoms with Gasteiger partial charge in [-0.3, -0.25) is 0 Å². The maximum Gasteiger partial charge on any atom is 0.339 e. The average Bonchev–Trinajstić information content (AvgIpc) is 2.39. The van der Waals surface area contributed by atoms with Crippen molar-refractivity contribution in [1.82, 2.24) is 4.57 Å². The molecule has 15 heavy (non-hydrogen) atoms. The van der Waals surface area contributed by atoms with E-state index < -0.39 is 5.97 Å². The van der Waals surface area contributed by atoms with Gasteiger partial charge < -0.3 is 9.67 Å². The molecule has 0 bridgehead atoms. The number of aromatic nitrogens is 1. The van der Waals surface area contributed by atoms with Crippen LogP contribution >= 0.6 is 27.5 Å². The number of aryl methyl sites for hydroxylation is 1. The van der Waals surface area contributed by atoms with Gasteiger partial charge in [-0.1, -0.05) is 27.5 Å². The molecule has 0 atom stereocenters. The highest BCUT2D eigenvalue weighted by Crippen LogP contribution is 2.30. The lowest BCUT2D eigenvalue weighted by molar-refractivity contribution is 0.0699. The van der Waals surface area contributed by atoms with Crippen molar-refractivity contribution in [3.8, 4) is 0 Å². The van der Waals surface area contributed by atoms with E-state index in [2.05, 4.69) is 15.9 Å². The topological polar surface area (TPSA) is 42.2 Å². The summed E-state index contributed by atoms with van der Waals surface area (Å²) in [4.78, 5) is 11.0. The number of aromatic carboxylic acids is 1. The number of carboxylic acids is 1. The molecule has 1 aromatic carbocycles. The number of hydrogen-bond acceptors (Lipinski definition) is 1. The predicted molar refractivity (Wildman–Crippen MR) is 62.6 cm³/mol. The summed E-state index contributed by atoms with van der Waals surface area (Å²) < 4.78 is 2.49. The maximum absolute atomic E-state index is 11.0. The number of carboxylic acid groups (broad SMARTS) is 1. The molecule has 0 radical (unpaired) electrons. The van der Waals surface area contributed by atoms with E-state index in [9.17, 15) is 4.79 Å². The summed E-state index contributed by atoms with van der Waals surface area (Å²) in [6.45, 7) is 0. The Hall–Kier alpha value is -1.000. The van der Waals surface area contributed by atoms with E-state index in [1.165, 1.54) is 0 Å². The van der Waals surface area contributed by atoms with Crippen LogP contribution in [-0.2, 0) is 7.05 Å². The second-order valence-corrected chi connectivity index (χ2v) is 4.47. The molecule has 5 heteroatoms. The van der Waals surface area contributed by atoms with Crippen LogP contribution < -0.4 is 0 Å². The molecule has 0 aliphatic rings. The first-order chi connectivity index (χ1) is 7.02. The minimum atomic E-state index is -1.01. The highest BCUT2D eigenvalue weighted by atomic mass is 79.9. The van der Waals surface area contributed by atoms with Gasteiger partial charge in [0.2, 0.25) is 0 Å². The van der Waals surface area contributed by atoms with Crippen molar-refractivity contribution in [3.63, 3.8) is 0 Å². The number of carbonyl (C=O) groups is 1. The Labute approximate surface area is 99.4 Å². The number of halogens is 2. The zero-order chi connectivity index (χ0) is 11.2. The van der Waals surface area contributed by atoms with Crippen molar-refractivity contribution >= 4 is 44.4 Å². The van der Waals surface area contributed by atoms with E-state index in [1.807, 2.05) is 12.1 Å². The van der Waals surface area contributed by atoms with Crippen molar-refractivity contribution in [2.75, 3.05) is 0 Å². The molecule has 0 spiro atoms. The summed E-state index contributed by atoms with van der Waals surface area (Å²) in [6, 6.07) is 5.44. The van der Waals surface area contributed by atoms with Gasteiger partial charge in [-0.2, -0.15) is 0 Å². The van der Waals surface area contributed by atoms with Crippen LogP contribution in [0.2, 0.25) is 5.15 Å². The van der Waals surface area contributed by atoms with Crippen LogP contribution in [0.1, 0.15) is 10.4 Å². The summed E-state index contributed by atoms with van der Waals surface area (Å²) in [7, 11) is 1.74. The lowest BCUT2D eigenvalue weighted by Crippen LogP contribution is -1.96. The Morgan fingerprint density at radius 1 is 1.53 bits per heavy atom. The largest absolute Gasteiger partial charge is 0.478 e. The molecular formula is C10H7BrClNO2. The minimum absolute atomic E-state index is 0.149. The molecule has 0 aliphatic carbocycles. The summed E-state index contributed by atoms with van der Waals surface area (Å²) in [5, 5.41) is 9.94. The van der Waals surface area contributed by atoms with Gasteiger partial charge in [0.15, 0.2) is 0 Å². The molecule has 0 saturated heterocycles. The van der Waals surface area contributed by atoms with Crippen molar-refractivity contribution in [2.24, 2.45) is 7.05 Å². The highest BCUT2D eigenvalue weighted by molar-refractivity contribution is 9.10. The number of fused-ring (bicyclic) bond motifs is 1. The summed E-state index contributed by atoms with van der Waals surface area (Å²) in [5.41, 5.74) is 0.955. The van der Waals surface area contributed by atoms with Gasteiger partial charge in [0.05, 0.1) is 0 Å². The van der Waals surface area contributed by atoms with E-state index >= 15 is 0 Å². The summed E-state index contributed by atoms with van der Waals surface area (Å²) in [5.74, 6) is -1.01. The molecule has 78 valence electrons. The van der Waals surface area contributed by atoms with E-state index in [0.717, 1.165) is 9.99 Å². The van der Waals surface area contributed by atoms with Crippen molar-refractivity contribution < 1.29 is 9.90 Å². The molecule has 2 aromatic rings. The highest BCUT2D eigenvalue weighted by Gasteiger charge is 2.19. The Bertz CT molecular complexity index is 562. The second-order valence-electron chi connectivity index (χ2n) is 3.19. The SMILES string of the molecule is Cn1c(Cl)c(C(=O)O)c2cc(Br)ccc21. The van der Waals surface area contributed by atoms with Crippen LogP contribution in [0.5, 0.6) is 0 Å². The fourth-order valence-corrected chi connectivity index (χ4v) is 2.22. The monoisotopic (exact) mass is 287 g/mol. The standard InChI is InChI=1S/C10H7BrClNO2/c1-13-7-3-2-5(11)4-6(7)8(9(13)12)10(14)15/h2-4H,1H3,(H,14,15). The fourth-order valence-electron chi connectivity index (χ4n) is 1.59. The van der Waals surface area contributed by atoms with Crippen molar-refractivity contribution in [1.29, 1.82) is 0 Å². The number of hydrogen-bond donors (Lipinski definition) is 1. The quantitative estimate of drug-likeness (QED) is 0.875. The van der Waals surface area contributed by atoms with Crippen LogP contribution in [0.25, 0.3) is 10.9 Å². The fraction of sp³-hybridized carbons (Fsp3) is 0.100. The van der Waals surface area contributed by atoms with E-state index in [1.54, 1.807) is 17.7 Å².